The molecule has 4 aromatic rings. The van der Waals surface area contributed by atoms with Crippen molar-refractivity contribution in [3.8, 4) is 0 Å². The Labute approximate surface area is 141 Å². The summed E-state index contributed by atoms with van der Waals surface area (Å²) in [5.74, 6) is -0.0921. The predicted octanol–water partition coefficient (Wildman–Crippen LogP) is 1.87. The van der Waals surface area contributed by atoms with E-state index in [4.69, 9.17) is 0 Å². The number of anilines is 1. The van der Waals surface area contributed by atoms with Crippen molar-refractivity contribution in [2.24, 2.45) is 0 Å². The smallest absolute Gasteiger partial charge is 0.278 e. The van der Waals surface area contributed by atoms with Crippen LogP contribution in [0.1, 0.15) is 13.0 Å². The van der Waals surface area contributed by atoms with Gasteiger partial charge in [-0.05, 0) is 31.2 Å². The Kier molecular flexibility index (Phi) is 3.50. The van der Waals surface area contributed by atoms with Gasteiger partial charge in [0.05, 0.1) is 16.4 Å². The quantitative estimate of drug-likeness (QED) is 0.595. The van der Waals surface area contributed by atoms with Gasteiger partial charge in [-0.1, -0.05) is 29.5 Å². The first-order chi connectivity index (χ1) is 12.1. The Balaban J connectivity index is 1.64. The molecule has 0 aliphatic rings. The molecular formula is C17H14N6O2. The summed E-state index contributed by atoms with van der Waals surface area (Å²) >= 11 is 0. The van der Waals surface area contributed by atoms with E-state index < -0.39 is 11.9 Å². The van der Waals surface area contributed by atoms with Crippen molar-refractivity contribution >= 4 is 33.8 Å². The Bertz CT molecular complexity index is 1110. The largest absolute Gasteiger partial charge is 0.324 e. The second-order valence-electron chi connectivity index (χ2n) is 5.62. The van der Waals surface area contributed by atoms with Crippen LogP contribution in [0.25, 0.3) is 21.9 Å². The van der Waals surface area contributed by atoms with Crippen molar-refractivity contribution in [3.63, 3.8) is 0 Å². The minimum Gasteiger partial charge on any atom is -0.324 e. The molecule has 0 saturated heterocycles. The number of H-pyrrole nitrogens is 1. The third kappa shape index (κ3) is 2.63. The normalized spacial score (nSPS) is 12.4. The number of benzene rings is 2. The third-order valence-corrected chi connectivity index (χ3v) is 3.97. The zero-order valence-corrected chi connectivity index (χ0v) is 13.3. The fourth-order valence-electron chi connectivity index (χ4n) is 2.60. The number of hydrogen-bond acceptors (Lipinski definition) is 5. The average molecular weight is 334 g/mol. The summed E-state index contributed by atoms with van der Waals surface area (Å²) in [5.41, 5.74) is 1.69. The molecule has 0 unspecified atom stereocenters. The number of fused-ring (bicyclic) bond motifs is 2. The summed E-state index contributed by atoms with van der Waals surface area (Å²) in [6, 6.07) is 13.5. The standard InChI is InChI=1S/C17H14N6O2/c1-10(23-16(25)11-6-2-3-7-12(11)21-22-23)15(24)20-17-18-13-8-4-5-9-14(13)19-17/h2-10H,1H3,(H2,18,19,20,24)/t10-/m1/s1. The topological polar surface area (TPSA) is 106 Å². The van der Waals surface area contributed by atoms with Gasteiger partial charge in [0.2, 0.25) is 5.95 Å². The van der Waals surface area contributed by atoms with E-state index in [2.05, 4.69) is 25.6 Å². The Morgan fingerprint density at radius 1 is 1.12 bits per heavy atom. The maximum absolute atomic E-state index is 12.5. The molecule has 8 nitrogen and oxygen atoms in total. The minimum atomic E-state index is -0.835. The monoisotopic (exact) mass is 334 g/mol. The second-order valence-corrected chi connectivity index (χ2v) is 5.62. The molecule has 25 heavy (non-hydrogen) atoms. The van der Waals surface area contributed by atoms with Crippen molar-refractivity contribution < 1.29 is 4.79 Å². The molecule has 2 heterocycles. The summed E-state index contributed by atoms with van der Waals surface area (Å²) < 4.78 is 1.07. The van der Waals surface area contributed by atoms with Gasteiger partial charge in [0.25, 0.3) is 11.5 Å². The molecule has 0 aliphatic carbocycles. The van der Waals surface area contributed by atoms with Crippen molar-refractivity contribution in [3.05, 3.63) is 58.9 Å². The molecule has 0 fully saturated rings. The molecule has 8 heteroatoms. The number of aromatic nitrogens is 5. The maximum Gasteiger partial charge on any atom is 0.278 e. The van der Waals surface area contributed by atoms with Gasteiger partial charge in [0.1, 0.15) is 11.6 Å². The van der Waals surface area contributed by atoms with Crippen LogP contribution in [0, 0.1) is 0 Å². The van der Waals surface area contributed by atoms with Crippen LogP contribution in [0.3, 0.4) is 0 Å². The average Bonchev–Trinajstić information content (AvgIpc) is 3.04. The van der Waals surface area contributed by atoms with Crippen LogP contribution in [0.5, 0.6) is 0 Å². The van der Waals surface area contributed by atoms with Crippen LogP contribution in [0.15, 0.2) is 53.3 Å². The second kappa shape index (κ2) is 5.82. The van der Waals surface area contributed by atoms with E-state index in [1.165, 1.54) is 0 Å². The van der Waals surface area contributed by atoms with Gasteiger partial charge in [0, 0.05) is 0 Å². The van der Waals surface area contributed by atoms with E-state index in [0.717, 1.165) is 15.7 Å². The van der Waals surface area contributed by atoms with Crippen molar-refractivity contribution in [2.75, 3.05) is 5.32 Å². The van der Waals surface area contributed by atoms with Crippen LogP contribution in [0.4, 0.5) is 5.95 Å². The van der Waals surface area contributed by atoms with Gasteiger partial charge in [-0.3, -0.25) is 14.9 Å². The highest BCUT2D eigenvalue weighted by molar-refractivity contribution is 5.93. The fraction of sp³-hybridized carbons (Fsp3) is 0.118. The van der Waals surface area contributed by atoms with Gasteiger partial charge in [-0.25, -0.2) is 4.98 Å². The van der Waals surface area contributed by atoms with Gasteiger partial charge < -0.3 is 4.98 Å². The number of nitrogens with zero attached hydrogens (tertiary/aromatic N) is 4. The number of para-hydroxylation sites is 2. The highest BCUT2D eigenvalue weighted by atomic mass is 16.2. The number of rotatable bonds is 3. The van der Waals surface area contributed by atoms with E-state index in [1.54, 1.807) is 31.2 Å². The Morgan fingerprint density at radius 2 is 1.84 bits per heavy atom. The lowest BCUT2D eigenvalue weighted by atomic mass is 10.2. The zero-order chi connectivity index (χ0) is 17.4. The van der Waals surface area contributed by atoms with Crippen LogP contribution in [-0.2, 0) is 4.79 Å². The number of amides is 1. The molecule has 4 rings (SSSR count). The van der Waals surface area contributed by atoms with E-state index in [9.17, 15) is 9.59 Å². The minimum absolute atomic E-state index is 0.319. The van der Waals surface area contributed by atoms with Crippen molar-refractivity contribution in [1.29, 1.82) is 0 Å². The number of hydrogen-bond donors (Lipinski definition) is 2. The number of nitrogens with one attached hydrogen (secondary N) is 2. The van der Waals surface area contributed by atoms with Crippen molar-refractivity contribution in [1.82, 2.24) is 25.0 Å². The summed E-state index contributed by atoms with van der Waals surface area (Å²) in [6.45, 7) is 1.59. The van der Waals surface area contributed by atoms with E-state index in [1.807, 2.05) is 24.3 Å². The lowest BCUT2D eigenvalue weighted by Gasteiger charge is -2.12. The summed E-state index contributed by atoms with van der Waals surface area (Å²) in [5, 5.41) is 11.0. The van der Waals surface area contributed by atoms with Gasteiger partial charge in [0.15, 0.2) is 0 Å². The maximum atomic E-state index is 12.5. The first-order valence-electron chi connectivity index (χ1n) is 7.73. The fourth-order valence-corrected chi connectivity index (χ4v) is 2.60. The van der Waals surface area contributed by atoms with Crippen LogP contribution in [0.2, 0.25) is 0 Å². The molecule has 0 bridgehead atoms. The SMILES string of the molecule is C[C@H](C(=O)Nc1nc2ccccc2[nH]1)n1nnc2ccccc2c1=O. The molecule has 124 valence electrons. The van der Waals surface area contributed by atoms with E-state index in [-0.39, 0.29) is 5.56 Å². The molecule has 2 N–H and O–H groups in total. The van der Waals surface area contributed by atoms with Crippen molar-refractivity contribution in [2.45, 2.75) is 13.0 Å². The number of aromatic amines is 1. The third-order valence-electron chi connectivity index (χ3n) is 3.97. The number of carbonyl (C=O) groups excluding carboxylic acids is 1. The molecule has 1 amide bonds. The molecule has 0 spiro atoms. The van der Waals surface area contributed by atoms with Crippen LogP contribution < -0.4 is 10.9 Å². The summed E-state index contributed by atoms with van der Waals surface area (Å²) in [7, 11) is 0. The molecule has 1 atom stereocenters. The zero-order valence-electron chi connectivity index (χ0n) is 13.3. The first kappa shape index (κ1) is 15.0. The molecule has 0 aliphatic heterocycles. The van der Waals surface area contributed by atoms with Gasteiger partial charge in [-0.15, -0.1) is 5.10 Å². The lowest BCUT2D eigenvalue weighted by molar-refractivity contribution is -0.119. The van der Waals surface area contributed by atoms with Crippen LogP contribution in [-0.4, -0.2) is 30.9 Å². The number of carbonyl (C=O) groups is 1. The highest BCUT2D eigenvalue weighted by Gasteiger charge is 2.20. The first-order valence-corrected chi connectivity index (χ1v) is 7.73. The molecule has 0 radical (unpaired) electrons. The van der Waals surface area contributed by atoms with E-state index >= 15 is 0 Å². The van der Waals surface area contributed by atoms with Gasteiger partial charge in [-0.2, -0.15) is 4.68 Å². The Hall–Kier alpha value is -3.55. The molecule has 2 aromatic carbocycles. The Morgan fingerprint density at radius 3 is 2.64 bits per heavy atom. The summed E-state index contributed by atoms with van der Waals surface area (Å²) in [4.78, 5) is 32.3. The van der Waals surface area contributed by atoms with E-state index in [0.29, 0.717) is 16.9 Å². The predicted molar refractivity (Wildman–Crippen MR) is 93.2 cm³/mol. The lowest BCUT2D eigenvalue weighted by Crippen LogP contribution is -2.34. The highest BCUT2D eigenvalue weighted by Crippen LogP contribution is 2.14. The molecular weight excluding hydrogens is 320 g/mol. The number of imidazole rings is 1. The van der Waals surface area contributed by atoms with Gasteiger partial charge >= 0.3 is 0 Å². The summed E-state index contributed by atoms with van der Waals surface area (Å²) in [6.07, 6.45) is 0. The van der Waals surface area contributed by atoms with Crippen LogP contribution >= 0.6 is 0 Å². The molecule has 0 saturated carbocycles. The molecule has 2 aromatic heterocycles.